The van der Waals surface area contributed by atoms with E-state index in [9.17, 15) is 10.1 Å². The molecular formula is C11H10ClN3O3. The third-order valence-corrected chi connectivity index (χ3v) is 2.80. The van der Waals surface area contributed by atoms with Crippen LogP contribution in [-0.4, -0.2) is 19.6 Å². The van der Waals surface area contributed by atoms with E-state index >= 15 is 0 Å². The molecule has 18 heavy (non-hydrogen) atoms. The lowest BCUT2D eigenvalue weighted by Gasteiger charge is -2.04. The Kier molecular flexibility index (Phi) is 3.59. The first-order valence-electron chi connectivity index (χ1n) is 5.14. The predicted molar refractivity (Wildman–Crippen MR) is 65.4 cm³/mol. The molecule has 2 rings (SSSR count). The Morgan fingerprint density at radius 1 is 1.50 bits per heavy atom. The lowest BCUT2D eigenvalue weighted by Crippen LogP contribution is -1.98. The van der Waals surface area contributed by atoms with E-state index in [1.807, 2.05) is 0 Å². The van der Waals surface area contributed by atoms with Crippen molar-refractivity contribution >= 4 is 17.3 Å². The van der Waals surface area contributed by atoms with Crippen molar-refractivity contribution in [3.63, 3.8) is 0 Å². The molecule has 0 unspecified atom stereocenters. The van der Waals surface area contributed by atoms with Gasteiger partial charge in [-0.1, -0.05) is 11.6 Å². The maximum atomic E-state index is 10.6. The molecule has 1 heterocycles. The van der Waals surface area contributed by atoms with Crippen LogP contribution < -0.4 is 0 Å². The van der Waals surface area contributed by atoms with E-state index in [0.29, 0.717) is 17.3 Å². The first-order chi connectivity index (χ1) is 8.60. The smallest absolute Gasteiger partial charge is 0.270 e. The van der Waals surface area contributed by atoms with Crippen molar-refractivity contribution in [2.75, 3.05) is 0 Å². The molecule has 94 valence electrons. The zero-order valence-electron chi connectivity index (χ0n) is 9.28. The van der Waals surface area contributed by atoms with Crippen LogP contribution in [0, 0.1) is 10.1 Å². The predicted octanol–water partition coefficient (Wildman–Crippen LogP) is 1.99. The Balaban J connectivity index is 2.21. The van der Waals surface area contributed by atoms with E-state index in [1.54, 1.807) is 23.2 Å². The van der Waals surface area contributed by atoms with E-state index in [0.717, 1.165) is 5.56 Å². The van der Waals surface area contributed by atoms with E-state index in [-0.39, 0.29) is 12.3 Å². The van der Waals surface area contributed by atoms with Gasteiger partial charge in [0.2, 0.25) is 0 Å². The number of nitrogens with zero attached hydrogens (tertiary/aromatic N) is 3. The van der Waals surface area contributed by atoms with Crippen molar-refractivity contribution in [2.45, 2.75) is 13.2 Å². The summed E-state index contributed by atoms with van der Waals surface area (Å²) < 4.78 is 1.75. The third-order valence-electron chi connectivity index (χ3n) is 2.45. The molecule has 2 aromatic rings. The molecule has 0 amide bonds. The lowest BCUT2D eigenvalue weighted by molar-refractivity contribution is -0.384. The number of rotatable bonds is 4. The highest BCUT2D eigenvalue weighted by Gasteiger charge is 2.09. The van der Waals surface area contributed by atoms with Gasteiger partial charge in [0, 0.05) is 24.9 Å². The highest BCUT2D eigenvalue weighted by molar-refractivity contribution is 6.31. The molecule has 6 nitrogen and oxygen atoms in total. The van der Waals surface area contributed by atoms with Gasteiger partial charge in [0.25, 0.3) is 5.69 Å². The van der Waals surface area contributed by atoms with E-state index in [4.69, 9.17) is 16.7 Å². The highest BCUT2D eigenvalue weighted by Crippen LogP contribution is 2.23. The Morgan fingerprint density at radius 2 is 2.28 bits per heavy atom. The van der Waals surface area contributed by atoms with Crippen LogP contribution in [0.15, 0.2) is 30.7 Å². The van der Waals surface area contributed by atoms with Gasteiger partial charge in [0.15, 0.2) is 0 Å². The Hall–Kier alpha value is -1.92. The summed E-state index contributed by atoms with van der Waals surface area (Å²) in [5.74, 6) is 0. The van der Waals surface area contributed by atoms with Crippen LogP contribution in [0.2, 0.25) is 5.02 Å². The van der Waals surface area contributed by atoms with Gasteiger partial charge in [-0.05, 0) is 11.6 Å². The van der Waals surface area contributed by atoms with E-state index < -0.39 is 4.92 Å². The number of aliphatic hydroxyl groups excluding tert-OH is 1. The highest BCUT2D eigenvalue weighted by atomic mass is 35.5. The van der Waals surface area contributed by atoms with Gasteiger partial charge in [-0.15, -0.1) is 0 Å². The molecule has 1 aromatic carbocycles. The van der Waals surface area contributed by atoms with Crippen LogP contribution in [0.3, 0.4) is 0 Å². The number of non-ortho nitro benzene ring substituents is 1. The van der Waals surface area contributed by atoms with Crippen LogP contribution in [0.5, 0.6) is 0 Å². The minimum atomic E-state index is -0.489. The summed E-state index contributed by atoms with van der Waals surface area (Å²) in [4.78, 5) is 14.0. The minimum Gasteiger partial charge on any atom is -0.390 e. The van der Waals surface area contributed by atoms with Crippen molar-refractivity contribution in [3.8, 4) is 0 Å². The number of hydrogen-bond donors (Lipinski definition) is 1. The SMILES string of the molecule is O=[N+]([O-])c1ccc(Cn2cnc(CO)c2)c(Cl)c1. The van der Waals surface area contributed by atoms with Gasteiger partial charge in [-0.2, -0.15) is 0 Å². The molecule has 0 radical (unpaired) electrons. The zero-order valence-corrected chi connectivity index (χ0v) is 10.0. The number of halogens is 1. The van der Waals surface area contributed by atoms with E-state index in [1.165, 1.54) is 12.1 Å². The van der Waals surface area contributed by atoms with Gasteiger partial charge in [0.1, 0.15) is 0 Å². The summed E-state index contributed by atoms with van der Waals surface area (Å²) in [7, 11) is 0. The molecule has 0 aliphatic carbocycles. The fourth-order valence-electron chi connectivity index (χ4n) is 1.55. The van der Waals surface area contributed by atoms with Gasteiger partial charge >= 0.3 is 0 Å². The number of nitro groups is 1. The zero-order chi connectivity index (χ0) is 13.1. The monoisotopic (exact) mass is 267 g/mol. The number of aliphatic hydroxyl groups is 1. The van der Waals surface area contributed by atoms with Crippen LogP contribution in [0.4, 0.5) is 5.69 Å². The van der Waals surface area contributed by atoms with Crippen LogP contribution in [0.25, 0.3) is 0 Å². The molecule has 0 bridgehead atoms. The van der Waals surface area contributed by atoms with Gasteiger partial charge < -0.3 is 9.67 Å². The number of nitro benzene ring substituents is 1. The lowest BCUT2D eigenvalue weighted by atomic mass is 10.2. The molecule has 0 fully saturated rings. The third kappa shape index (κ3) is 2.66. The molecule has 0 saturated heterocycles. The second-order valence-electron chi connectivity index (χ2n) is 3.73. The summed E-state index contributed by atoms with van der Waals surface area (Å²) in [6.45, 7) is 0.324. The second kappa shape index (κ2) is 5.16. The van der Waals surface area contributed by atoms with Crippen molar-refractivity contribution in [1.29, 1.82) is 0 Å². The van der Waals surface area contributed by atoms with Gasteiger partial charge in [-0.25, -0.2) is 4.98 Å². The number of benzene rings is 1. The maximum Gasteiger partial charge on any atom is 0.270 e. The second-order valence-corrected chi connectivity index (χ2v) is 4.14. The topological polar surface area (TPSA) is 81.2 Å². The fraction of sp³-hybridized carbons (Fsp3) is 0.182. The molecule has 1 N–H and O–H groups in total. The maximum absolute atomic E-state index is 10.6. The van der Waals surface area contributed by atoms with Crippen molar-refractivity contribution < 1.29 is 10.0 Å². The normalized spacial score (nSPS) is 10.6. The van der Waals surface area contributed by atoms with Crippen molar-refractivity contribution in [1.82, 2.24) is 9.55 Å². The van der Waals surface area contributed by atoms with Crippen molar-refractivity contribution in [2.24, 2.45) is 0 Å². The number of imidazole rings is 1. The fourth-order valence-corrected chi connectivity index (χ4v) is 1.78. The van der Waals surface area contributed by atoms with Gasteiger partial charge in [0.05, 0.1) is 28.6 Å². The number of aromatic nitrogens is 2. The minimum absolute atomic E-state index is 0.0366. The summed E-state index contributed by atoms with van der Waals surface area (Å²) >= 11 is 5.98. The Labute approximate surface area is 108 Å². The summed E-state index contributed by atoms with van der Waals surface area (Å²) in [6.07, 6.45) is 3.26. The van der Waals surface area contributed by atoms with E-state index in [2.05, 4.69) is 4.98 Å². The Morgan fingerprint density at radius 3 is 2.83 bits per heavy atom. The summed E-state index contributed by atoms with van der Waals surface area (Å²) in [5.41, 5.74) is 1.28. The average molecular weight is 268 g/mol. The summed E-state index contributed by atoms with van der Waals surface area (Å²) in [6, 6.07) is 4.34. The molecule has 1 aromatic heterocycles. The molecule has 0 atom stereocenters. The molecule has 7 heteroatoms. The average Bonchev–Trinajstić information content (AvgIpc) is 2.79. The first-order valence-corrected chi connectivity index (χ1v) is 5.52. The van der Waals surface area contributed by atoms with Crippen molar-refractivity contribution in [3.05, 3.63) is 57.1 Å². The molecule has 0 spiro atoms. The Bertz CT molecular complexity index is 583. The van der Waals surface area contributed by atoms with Crippen LogP contribution in [0.1, 0.15) is 11.3 Å². The van der Waals surface area contributed by atoms with Crippen LogP contribution in [-0.2, 0) is 13.2 Å². The standard InChI is InChI=1S/C11H10ClN3O3/c12-11-3-10(15(17)18)2-1-8(11)4-14-5-9(6-16)13-7-14/h1-3,5,7,16H,4,6H2. The molecule has 0 saturated carbocycles. The molecule has 0 aliphatic heterocycles. The quantitative estimate of drug-likeness (QED) is 0.678. The number of hydrogen-bond acceptors (Lipinski definition) is 4. The van der Waals surface area contributed by atoms with Gasteiger partial charge in [-0.3, -0.25) is 10.1 Å². The largest absolute Gasteiger partial charge is 0.390 e. The summed E-state index contributed by atoms with van der Waals surface area (Å²) in [5, 5.41) is 19.8. The molecular weight excluding hydrogens is 258 g/mol. The van der Waals surface area contributed by atoms with Crippen LogP contribution >= 0.6 is 11.6 Å². The first kappa shape index (κ1) is 12.5. The molecule has 0 aliphatic rings.